The first-order valence-electron chi connectivity index (χ1n) is 11.6. The number of carbonyl (C=O) groups excluding carboxylic acids is 3. The number of carbonyl (C=O) groups is 3. The van der Waals surface area contributed by atoms with Crippen LogP contribution in [0.5, 0.6) is 0 Å². The van der Waals surface area contributed by atoms with Crippen molar-refractivity contribution in [1.29, 1.82) is 0 Å². The monoisotopic (exact) mass is 426 g/mol. The van der Waals surface area contributed by atoms with Gasteiger partial charge in [0.25, 0.3) is 0 Å². The van der Waals surface area contributed by atoms with Gasteiger partial charge in [-0.1, -0.05) is 30.3 Å². The maximum atomic E-state index is 13.5. The zero-order valence-corrected chi connectivity index (χ0v) is 18.9. The minimum Gasteiger partial charge on any atom is -0.468 e. The maximum Gasteiger partial charge on any atom is 0.321 e. The van der Waals surface area contributed by atoms with Crippen LogP contribution in [0.1, 0.15) is 64.4 Å². The van der Waals surface area contributed by atoms with Crippen LogP contribution >= 0.6 is 0 Å². The second-order valence-electron chi connectivity index (χ2n) is 9.60. The summed E-state index contributed by atoms with van der Waals surface area (Å²) < 4.78 is 5.20. The Kier molecular flexibility index (Phi) is 6.20. The number of benzene rings is 1. The fourth-order valence-corrected chi connectivity index (χ4v) is 6.26. The van der Waals surface area contributed by atoms with Crippen molar-refractivity contribution >= 4 is 17.7 Å². The van der Waals surface area contributed by atoms with Gasteiger partial charge in [-0.05, 0) is 51.5 Å². The number of ketones is 1. The van der Waals surface area contributed by atoms with Gasteiger partial charge in [0.05, 0.1) is 13.5 Å². The quantitative estimate of drug-likeness (QED) is 0.534. The van der Waals surface area contributed by atoms with Crippen LogP contribution in [-0.4, -0.2) is 58.7 Å². The lowest BCUT2D eigenvalue weighted by molar-refractivity contribution is -0.172. The van der Waals surface area contributed by atoms with Crippen molar-refractivity contribution in [2.75, 3.05) is 7.11 Å². The molecule has 2 bridgehead atoms. The number of nitrogens with zero attached hydrogens (tertiary/aromatic N) is 2. The van der Waals surface area contributed by atoms with Crippen LogP contribution in [0.15, 0.2) is 30.3 Å². The molecule has 6 heteroatoms. The van der Waals surface area contributed by atoms with E-state index in [0.717, 1.165) is 37.7 Å². The maximum absolute atomic E-state index is 13.5. The van der Waals surface area contributed by atoms with Crippen molar-refractivity contribution in [3.05, 3.63) is 35.9 Å². The number of Topliss-reactive ketones (excluding diaryl/α,β-unsaturated/α-hetero) is 1. The predicted octanol–water partition coefficient (Wildman–Crippen LogP) is 3.33. The zero-order chi connectivity index (χ0) is 22.2. The third-order valence-corrected chi connectivity index (χ3v) is 7.80. The van der Waals surface area contributed by atoms with Crippen LogP contribution in [0.3, 0.4) is 0 Å². The van der Waals surface area contributed by atoms with E-state index in [9.17, 15) is 14.4 Å². The number of esters is 1. The molecule has 0 spiro atoms. The van der Waals surface area contributed by atoms with Crippen molar-refractivity contribution in [2.45, 2.75) is 89.5 Å². The summed E-state index contributed by atoms with van der Waals surface area (Å²) in [4.78, 5) is 44.4. The summed E-state index contributed by atoms with van der Waals surface area (Å²) in [7, 11) is 1.33. The van der Waals surface area contributed by atoms with Crippen molar-refractivity contribution < 1.29 is 19.1 Å². The smallest absolute Gasteiger partial charge is 0.321 e. The van der Waals surface area contributed by atoms with E-state index in [1.165, 1.54) is 7.11 Å². The fourth-order valence-electron chi connectivity index (χ4n) is 6.26. The second kappa shape index (κ2) is 8.73. The largest absolute Gasteiger partial charge is 0.468 e. The summed E-state index contributed by atoms with van der Waals surface area (Å²) in [5, 5.41) is 0. The number of likely N-dealkylation sites (tertiary alicyclic amines) is 1. The molecule has 3 aliphatic heterocycles. The molecular weight excluding hydrogens is 392 g/mol. The van der Waals surface area contributed by atoms with Gasteiger partial charge in [0.15, 0.2) is 11.2 Å². The number of amides is 1. The summed E-state index contributed by atoms with van der Waals surface area (Å²) >= 11 is 0. The van der Waals surface area contributed by atoms with E-state index >= 15 is 0 Å². The molecule has 0 aliphatic carbocycles. The van der Waals surface area contributed by atoms with Gasteiger partial charge in [0.1, 0.15) is 0 Å². The van der Waals surface area contributed by atoms with Gasteiger partial charge in [-0.2, -0.15) is 0 Å². The Balaban J connectivity index is 1.66. The standard InChI is InChI=1S/C25H34N2O4/c1-17-8-7-9-18(2)27(17)23(29)15-25(24(30)31-3)21-13-12-20(14-22(25)28)26(21)16-19-10-5-4-6-11-19/h4-6,10-11,17-18,20-21H,7-9,12-16H2,1-3H3/t17-,18+,20-,21-,25-/m1/s1. The van der Waals surface area contributed by atoms with Crippen LogP contribution in [0.25, 0.3) is 0 Å². The molecule has 3 heterocycles. The van der Waals surface area contributed by atoms with E-state index < -0.39 is 11.4 Å². The van der Waals surface area contributed by atoms with Crippen LogP contribution in [0, 0.1) is 5.41 Å². The Hall–Kier alpha value is -2.21. The fraction of sp³-hybridized carbons (Fsp3) is 0.640. The Morgan fingerprint density at radius 3 is 2.39 bits per heavy atom. The highest BCUT2D eigenvalue weighted by atomic mass is 16.5. The number of hydrogen-bond acceptors (Lipinski definition) is 5. The van der Waals surface area contributed by atoms with Gasteiger partial charge >= 0.3 is 5.97 Å². The molecule has 4 rings (SSSR count). The molecule has 1 aromatic rings. The summed E-state index contributed by atoms with van der Waals surface area (Å²) in [6.45, 7) is 4.80. The zero-order valence-electron chi connectivity index (χ0n) is 18.9. The normalized spacial score (nSPS) is 33.4. The van der Waals surface area contributed by atoms with Crippen LogP contribution < -0.4 is 0 Å². The Morgan fingerprint density at radius 1 is 1.06 bits per heavy atom. The molecule has 1 amide bonds. The van der Waals surface area contributed by atoms with Crippen LogP contribution in [-0.2, 0) is 25.7 Å². The number of methoxy groups -OCH3 is 1. The number of piperidine rings is 2. The number of fused-ring (bicyclic) bond motifs is 2. The first-order valence-corrected chi connectivity index (χ1v) is 11.6. The van der Waals surface area contributed by atoms with E-state index in [1.54, 1.807) is 0 Å². The van der Waals surface area contributed by atoms with Gasteiger partial charge < -0.3 is 9.64 Å². The second-order valence-corrected chi connectivity index (χ2v) is 9.60. The van der Waals surface area contributed by atoms with Crippen molar-refractivity contribution in [1.82, 2.24) is 9.80 Å². The Morgan fingerprint density at radius 2 is 1.74 bits per heavy atom. The number of hydrogen-bond donors (Lipinski definition) is 0. The van der Waals surface area contributed by atoms with E-state index in [0.29, 0.717) is 13.0 Å². The molecule has 5 atom stereocenters. The summed E-state index contributed by atoms with van der Waals surface area (Å²) in [6, 6.07) is 10.2. The Bertz CT molecular complexity index is 831. The summed E-state index contributed by atoms with van der Waals surface area (Å²) in [6.07, 6.45) is 4.83. The molecule has 3 fully saturated rings. The molecule has 0 radical (unpaired) electrons. The lowest BCUT2D eigenvalue weighted by atomic mass is 9.69. The van der Waals surface area contributed by atoms with E-state index in [2.05, 4.69) is 30.9 Å². The van der Waals surface area contributed by atoms with Gasteiger partial charge in [-0.15, -0.1) is 0 Å². The first kappa shape index (κ1) is 22.0. The molecular formula is C25H34N2O4. The van der Waals surface area contributed by atoms with Gasteiger partial charge in [-0.3, -0.25) is 19.3 Å². The van der Waals surface area contributed by atoms with Gasteiger partial charge in [-0.25, -0.2) is 0 Å². The molecule has 0 unspecified atom stereocenters. The minimum atomic E-state index is -1.41. The predicted molar refractivity (Wildman–Crippen MR) is 117 cm³/mol. The molecule has 168 valence electrons. The van der Waals surface area contributed by atoms with E-state index in [1.807, 2.05) is 23.1 Å². The average molecular weight is 427 g/mol. The van der Waals surface area contributed by atoms with Crippen LogP contribution in [0.2, 0.25) is 0 Å². The van der Waals surface area contributed by atoms with E-state index in [-0.39, 0.29) is 42.3 Å². The van der Waals surface area contributed by atoms with Crippen molar-refractivity contribution in [3.8, 4) is 0 Å². The highest BCUT2D eigenvalue weighted by Crippen LogP contribution is 2.48. The third kappa shape index (κ3) is 3.79. The number of ether oxygens (including phenoxy) is 1. The van der Waals surface area contributed by atoms with E-state index in [4.69, 9.17) is 4.74 Å². The minimum absolute atomic E-state index is 0.0874. The Labute approximate surface area is 184 Å². The lowest BCUT2D eigenvalue weighted by Crippen LogP contribution is -2.62. The van der Waals surface area contributed by atoms with Gasteiger partial charge in [0, 0.05) is 37.1 Å². The number of rotatable bonds is 5. The molecule has 3 saturated heterocycles. The topological polar surface area (TPSA) is 66.9 Å². The average Bonchev–Trinajstić information content (AvgIpc) is 3.07. The molecule has 6 nitrogen and oxygen atoms in total. The lowest BCUT2D eigenvalue weighted by Gasteiger charge is -2.47. The highest BCUT2D eigenvalue weighted by Gasteiger charge is 2.62. The molecule has 0 saturated carbocycles. The highest BCUT2D eigenvalue weighted by molar-refractivity contribution is 6.08. The van der Waals surface area contributed by atoms with Gasteiger partial charge in [0.2, 0.25) is 5.91 Å². The molecule has 31 heavy (non-hydrogen) atoms. The summed E-state index contributed by atoms with van der Waals surface area (Å²) in [5.74, 6) is -0.767. The van der Waals surface area contributed by atoms with Crippen molar-refractivity contribution in [3.63, 3.8) is 0 Å². The molecule has 0 aromatic heterocycles. The third-order valence-electron chi connectivity index (χ3n) is 7.80. The molecule has 0 N–H and O–H groups in total. The molecule has 3 aliphatic rings. The first-order chi connectivity index (χ1) is 14.9. The molecule has 1 aromatic carbocycles. The van der Waals surface area contributed by atoms with Crippen LogP contribution in [0.4, 0.5) is 0 Å². The SMILES string of the molecule is COC(=O)[C@@]1(CC(=O)N2[C@H](C)CCC[C@@H]2C)C(=O)C[C@H]2CC[C@H]1N2Cc1ccccc1. The van der Waals surface area contributed by atoms with Crippen molar-refractivity contribution in [2.24, 2.45) is 5.41 Å². The summed E-state index contributed by atoms with van der Waals surface area (Å²) in [5.41, 5.74) is -0.262.